The minimum absolute atomic E-state index is 0.144. The fraction of sp³-hybridized carbons (Fsp3) is 0.471. The van der Waals surface area contributed by atoms with E-state index in [9.17, 15) is 9.00 Å². The number of esters is 1. The van der Waals surface area contributed by atoms with E-state index >= 15 is 0 Å². The van der Waals surface area contributed by atoms with Crippen LogP contribution in [0.5, 0.6) is 0 Å². The normalized spacial score (nSPS) is 14.6. The van der Waals surface area contributed by atoms with Crippen molar-refractivity contribution in [2.24, 2.45) is 0 Å². The van der Waals surface area contributed by atoms with E-state index in [0.717, 1.165) is 16.5 Å². The number of para-hydroxylation sites is 1. The molecule has 0 aliphatic rings. The van der Waals surface area contributed by atoms with Crippen molar-refractivity contribution >= 4 is 43.8 Å². The monoisotopic (exact) mass is 414 g/mol. The number of nitrogens with one attached hydrogen (secondary N) is 2. The maximum atomic E-state index is 12.4. The summed E-state index contributed by atoms with van der Waals surface area (Å²) in [6.07, 6.45) is 0. The van der Waals surface area contributed by atoms with Gasteiger partial charge in [-0.2, -0.15) is 0 Å². The van der Waals surface area contributed by atoms with Crippen LogP contribution < -0.4 is 4.72 Å². The third kappa shape index (κ3) is 3.90. The third-order valence-corrected chi connectivity index (χ3v) is 6.09. The summed E-state index contributed by atoms with van der Waals surface area (Å²) in [5.74, 6) is -0.398. The Balaban J connectivity index is 2.43. The average molecular weight is 415 g/mol. The quantitative estimate of drug-likeness (QED) is 0.719. The Morgan fingerprint density at radius 3 is 2.67 bits per heavy atom. The number of ether oxygens (including phenoxy) is 1. The molecule has 0 unspecified atom stereocenters. The van der Waals surface area contributed by atoms with Crippen LogP contribution in [-0.2, 0) is 15.7 Å². The van der Waals surface area contributed by atoms with E-state index in [-0.39, 0.29) is 10.8 Å². The van der Waals surface area contributed by atoms with Gasteiger partial charge in [-0.3, -0.25) is 0 Å². The third-order valence-electron chi connectivity index (χ3n) is 3.59. The second-order valence-electron chi connectivity index (χ2n) is 6.52. The first-order valence-corrected chi connectivity index (χ1v) is 9.76. The molecule has 0 bridgehead atoms. The van der Waals surface area contributed by atoms with Gasteiger partial charge in [0.05, 0.1) is 32.3 Å². The molecule has 0 aliphatic carbocycles. The zero-order chi connectivity index (χ0) is 18.1. The van der Waals surface area contributed by atoms with E-state index in [4.69, 9.17) is 4.74 Å². The predicted molar refractivity (Wildman–Crippen MR) is 101 cm³/mol. The first-order chi connectivity index (χ1) is 11.2. The number of carbonyl (C=O) groups excluding carboxylic acids is 1. The van der Waals surface area contributed by atoms with Gasteiger partial charge in [0.15, 0.2) is 0 Å². The van der Waals surface area contributed by atoms with E-state index in [1.54, 1.807) is 6.92 Å². The van der Waals surface area contributed by atoms with Crippen LogP contribution in [0.1, 0.15) is 56.7 Å². The Morgan fingerprint density at radius 2 is 2.08 bits per heavy atom. The van der Waals surface area contributed by atoms with Crippen molar-refractivity contribution in [3.63, 3.8) is 0 Å². The molecule has 0 saturated carbocycles. The number of carbonyl (C=O) groups is 1. The number of aromatic nitrogens is 1. The second-order valence-corrected chi connectivity index (χ2v) is 9.32. The molecule has 132 valence electrons. The van der Waals surface area contributed by atoms with E-state index in [2.05, 4.69) is 25.6 Å². The van der Waals surface area contributed by atoms with Gasteiger partial charge in [0.1, 0.15) is 5.69 Å². The van der Waals surface area contributed by atoms with Gasteiger partial charge in [0, 0.05) is 11.4 Å². The van der Waals surface area contributed by atoms with Gasteiger partial charge in [0.25, 0.3) is 0 Å². The van der Waals surface area contributed by atoms with Gasteiger partial charge in [-0.25, -0.2) is 13.7 Å². The Kier molecular flexibility index (Phi) is 5.88. The van der Waals surface area contributed by atoms with Crippen LogP contribution in [0.4, 0.5) is 0 Å². The van der Waals surface area contributed by atoms with Crippen molar-refractivity contribution in [1.82, 2.24) is 9.71 Å². The Bertz CT molecular complexity index is 780. The fourth-order valence-electron chi connectivity index (χ4n) is 2.31. The van der Waals surface area contributed by atoms with Gasteiger partial charge in [-0.05, 0) is 56.1 Å². The Hall–Kier alpha value is -1.18. The van der Waals surface area contributed by atoms with Crippen molar-refractivity contribution in [2.75, 3.05) is 6.61 Å². The van der Waals surface area contributed by atoms with Gasteiger partial charge in [-0.15, -0.1) is 0 Å². The number of hydrogen-bond donors (Lipinski definition) is 2. The molecule has 24 heavy (non-hydrogen) atoms. The zero-order valence-electron chi connectivity index (χ0n) is 14.5. The Labute approximate surface area is 153 Å². The molecule has 2 aromatic rings. The van der Waals surface area contributed by atoms with Crippen LogP contribution in [0.25, 0.3) is 10.9 Å². The summed E-state index contributed by atoms with van der Waals surface area (Å²) in [5.41, 5.74) is 2.17. The lowest BCUT2D eigenvalue weighted by Gasteiger charge is -2.22. The molecule has 2 N–H and O–H groups in total. The number of fused-ring (bicyclic) bond motifs is 1. The first kappa shape index (κ1) is 19.1. The fourth-order valence-corrected chi connectivity index (χ4v) is 3.71. The maximum Gasteiger partial charge on any atom is 0.355 e. The standard InChI is InChI=1S/C17H23BrN2O3S/c1-6-23-16(21)15-13(18)12-9-7-8-11(14(12)19-15)10(2)20-24(22)17(3,4)5/h7-10,19-20H,6H2,1-5H3/t10-,24+/m0/s1. The summed E-state index contributed by atoms with van der Waals surface area (Å²) < 4.78 is 20.9. The summed E-state index contributed by atoms with van der Waals surface area (Å²) in [4.78, 5) is 15.2. The summed E-state index contributed by atoms with van der Waals surface area (Å²) >= 11 is 3.48. The highest BCUT2D eigenvalue weighted by Gasteiger charge is 2.24. The van der Waals surface area contributed by atoms with E-state index in [1.807, 2.05) is 45.9 Å². The van der Waals surface area contributed by atoms with E-state index in [1.165, 1.54) is 0 Å². The molecule has 1 heterocycles. The van der Waals surface area contributed by atoms with Gasteiger partial charge in [-0.1, -0.05) is 18.2 Å². The molecule has 0 amide bonds. The van der Waals surface area contributed by atoms with Crippen LogP contribution in [0, 0.1) is 0 Å². The summed E-state index contributed by atoms with van der Waals surface area (Å²) in [7, 11) is -1.19. The molecule has 0 spiro atoms. The summed E-state index contributed by atoms with van der Waals surface area (Å²) in [6.45, 7) is 9.81. The molecule has 0 saturated heterocycles. The van der Waals surface area contributed by atoms with Crippen molar-refractivity contribution < 1.29 is 13.7 Å². The van der Waals surface area contributed by atoms with E-state index in [0.29, 0.717) is 16.8 Å². The average Bonchev–Trinajstić information content (AvgIpc) is 2.84. The number of aromatic amines is 1. The maximum absolute atomic E-state index is 12.4. The largest absolute Gasteiger partial charge is 0.461 e. The first-order valence-electron chi connectivity index (χ1n) is 7.82. The molecule has 7 heteroatoms. The van der Waals surface area contributed by atoms with Crippen LogP contribution in [-0.4, -0.2) is 26.5 Å². The van der Waals surface area contributed by atoms with Crippen LogP contribution in [0.2, 0.25) is 0 Å². The van der Waals surface area contributed by atoms with E-state index < -0.39 is 17.0 Å². The molecule has 1 aromatic carbocycles. The summed E-state index contributed by atoms with van der Waals surface area (Å²) in [6, 6.07) is 5.66. The van der Waals surface area contributed by atoms with Gasteiger partial charge >= 0.3 is 5.97 Å². The minimum Gasteiger partial charge on any atom is -0.461 e. The predicted octanol–water partition coefficient (Wildman–Crippen LogP) is 4.22. The molecule has 1 aromatic heterocycles. The van der Waals surface area contributed by atoms with Crippen molar-refractivity contribution in [1.29, 1.82) is 0 Å². The number of halogens is 1. The second kappa shape index (κ2) is 7.37. The number of hydrogen-bond acceptors (Lipinski definition) is 3. The lowest BCUT2D eigenvalue weighted by Crippen LogP contribution is -2.34. The molecule has 0 fully saturated rings. The minimum atomic E-state index is -1.19. The van der Waals surface area contributed by atoms with Crippen molar-refractivity contribution in [3.8, 4) is 0 Å². The highest BCUT2D eigenvalue weighted by atomic mass is 79.9. The lowest BCUT2D eigenvalue weighted by molar-refractivity contribution is 0.0519. The van der Waals surface area contributed by atoms with Crippen LogP contribution in [0.15, 0.2) is 22.7 Å². The van der Waals surface area contributed by atoms with Crippen molar-refractivity contribution in [3.05, 3.63) is 33.9 Å². The number of rotatable bonds is 5. The molecule has 0 radical (unpaired) electrons. The highest BCUT2D eigenvalue weighted by molar-refractivity contribution is 9.10. The molecular weight excluding hydrogens is 392 g/mol. The van der Waals surface area contributed by atoms with Gasteiger partial charge in [0.2, 0.25) is 0 Å². The SMILES string of the molecule is CCOC(=O)c1[nH]c2c([C@H](C)N[S@](=O)C(C)(C)C)cccc2c1Br. The molecular formula is C17H23BrN2O3S. The lowest BCUT2D eigenvalue weighted by atomic mass is 10.1. The van der Waals surface area contributed by atoms with Crippen LogP contribution in [0.3, 0.4) is 0 Å². The Morgan fingerprint density at radius 1 is 1.42 bits per heavy atom. The number of benzene rings is 1. The molecule has 5 nitrogen and oxygen atoms in total. The zero-order valence-corrected chi connectivity index (χ0v) is 16.9. The highest BCUT2D eigenvalue weighted by Crippen LogP contribution is 2.33. The molecule has 0 aliphatic heterocycles. The number of H-pyrrole nitrogens is 1. The van der Waals surface area contributed by atoms with Crippen LogP contribution >= 0.6 is 15.9 Å². The smallest absolute Gasteiger partial charge is 0.355 e. The molecule has 2 atom stereocenters. The van der Waals surface area contributed by atoms with Crippen molar-refractivity contribution in [2.45, 2.75) is 45.4 Å². The topological polar surface area (TPSA) is 71.2 Å². The molecule has 2 rings (SSSR count). The summed E-state index contributed by atoms with van der Waals surface area (Å²) in [5, 5.41) is 0.894. The van der Waals surface area contributed by atoms with Gasteiger partial charge < -0.3 is 9.72 Å².